The molecule has 0 aliphatic heterocycles. The highest BCUT2D eigenvalue weighted by molar-refractivity contribution is 5.77. The molecule has 0 unspecified atom stereocenters. The van der Waals surface area contributed by atoms with Gasteiger partial charge in [-0.1, -0.05) is 38.5 Å². The first kappa shape index (κ1) is 17.2. The maximum absolute atomic E-state index is 11.6. The van der Waals surface area contributed by atoms with Crippen LogP contribution in [0.25, 0.3) is 0 Å². The number of hydrogen-bond acceptors (Lipinski definition) is 6. The monoisotopic (exact) mass is 312 g/mol. The van der Waals surface area contributed by atoms with Crippen LogP contribution in [0.2, 0.25) is 0 Å². The fraction of sp³-hybridized carbons (Fsp3) is 0.875. The standard InChI is InChI=1S/C16H28N2O4/c19-15(21-17-13-7-3-1-4-8-13)11-12-16(20)22-18-14-9-5-2-6-10-14/h13-14,17-18H,1-12H2. The Hall–Kier alpha value is -1.14. The second-order valence-electron chi connectivity index (χ2n) is 6.35. The molecule has 2 N–H and O–H groups in total. The number of nitrogens with one attached hydrogen (secondary N) is 2. The molecule has 2 fully saturated rings. The summed E-state index contributed by atoms with van der Waals surface area (Å²) in [6.45, 7) is 0. The molecule has 126 valence electrons. The molecular weight excluding hydrogens is 284 g/mol. The predicted molar refractivity (Wildman–Crippen MR) is 81.4 cm³/mol. The number of carbonyl (C=O) groups is 2. The van der Waals surface area contributed by atoms with Crippen LogP contribution in [-0.2, 0) is 19.3 Å². The zero-order chi connectivity index (χ0) is 15.6. The third kappa shape index (κ3) is 6.75. The molecule has 0 radical (unpaired) electrons. The number of hydroxylamine groups is 2. The lowest BCUT2D eigenvalue weighted by Crippen LogP contribution is -2.34. The highest BCUT2D eigenvalue weighted by Crippen LogP contribution is 2.18. The Labute approximate surface area is 132 Å². The first-order chi connectivity index (χ1) is 10.7. The summed E-state index contributed by atoms with van der Waals surface area (Å²) >= 11 is 0. The summed E-state index contributed by atoms with van der Waals surface area (Å²) in [5.41, 5.74) is 5.62. The van der Waals surface area contributed by atoms with E-state index in [9.17, 15) is 9.59 Å². The van der Waals surface area contributed by atoms with Gasteiger partial charge in [-0.3, -0.25) is 9.59 Å². The van der Waals surface area contributed by atoms with Gasteiger partial charge in [0.05, 0.1) is 12.8 Å². The van der Waals surface area contributed by atoms with Crippen LogP contribution in [0.15, 0.2) is 0 Å². The fourth-order valence-corrected chi connectivity index (χ4v) is 3.05. The Bertz CT molecular complexity index is 316. The van der Waals surface area contributed by atoms with Gasteiger partial charge in [0.15, 0.2) is 0 Å². The molecule has 6 nitrogen and oxygen atoms in total. The molecule has 2 aliphatic carbocycles. The van der Waals surface area contributed by atoms with Crippen LogP contribution in [0.3, 0.4) is 0 Å². The molecule has 0 amide bonds. The van der Waals surface area contributed by atoms with Gasteiger partial charge in [0.2, 0.25) is 0 Å². The van der Waals surface area contributed by atoms with E-state index in [1.165, 1.54) is 38.5 Å². The quantitative estimate of drug-likeness (QED) is 0.704. The summed E-state index contributed by atoms with van der Waals surface area (Å²) in [5, 5.41) is 0. The molecule has 0 atom stereocenters. The fourth-order valence-electron chi connectivity index (χ4n) is 3.05. The minimum atomic E-state index is -0.403. The van der Waals surface area contributed by atoms with Gasteiger partial charge in [0.25, 0.3) is 0 Å². The van der Waals surface area contributed by atoms with Crippen molar-refractivity contribution in [2.75, 3.05) is 0 Å². The molecule has 2 aliphatic rings. The van der Waals surface area contributed by atoms with Crippen molar-refractivity contribution >= 4 is 11.9 Å². The van der Waals surface area contributed by atoms with E-state index in [4.69, 9.17) is 9.68 Å². The number of carbonyl (C=O) groups excluding carboxylic acids is 2. The molecule has 0 aromatic carbocycles. The molecule has 6 heteroatoms. The van der Waals surface area contributed by atoms with Crippen molar-refractivity contribution in [3.8, 4) is 0 Å². The van der Waals surface area contributed by atoms with Crippen molar-refractivity contribution in [2.24, 2.45) is 0 Å². The maximum Gasteiger partial charge on any atom is 0.325 e. The number of hydrogen-bond donors (Lipinski definition) is 2. The van der Waals surface area contributed by atoms with Gasteiger partial charge in [0, 0.05) is 12.1 Å². The summed E-state index contributed by atoms with van der Waals surface area (Å²) < 4.78 is 0. The van der Waals surface area contributed by atoms with E-state index >= 15 is 0 Å². The highest BCUT2D eigenvalue weighted by atomic mass is 16.7. The van der Waals surface area contributed by atoms with Crippen molar-refractivity contribution in [1.29, 1.82) is 0 Å². The van der Waals surface area contributed by atoms with Gasteiger partial charge >= 0.3 is 11.9 Å². The Morgan fingerprint density at radius 1 is 0.682 bits per heavy atom. The van der Waals surface area contributed by atoms with Crippen LogP contribution in [0, 0.1) is 0 Å². The van der Waals surface area contributed by atoms with Gasteiger partial charge in [0.1, 0.15) is 0 Å². The summed E-state index contributed by atoms with van der Waals surface area (Å²) in [5.74, 6) is -0.805. The molecular formula is C16H28N2O4. The second kappa shape index (κ2) is 9.79. The van der Waals surface area contributed by atoms with Crippen molar-refractivity contribution in [2.45, 2.75) is 89.1 Å². The SMILES string of the molecule is O=C(CCC(=O)ONC1CCCCC1)ONC1CCCCC1. The minimum absolute atomic E-state index is 0.0465. The van der Waals surface area contributed by atoms with Crippen molar-refractivity contribution < 1.29 is 19.3 Å². The summed E-state index contributed by atoms with van der Waals surface area (Å²) in [4.78, 5) is 33.2. The van der Waals surface area contributed by atoms with Crippen molar-refractivity contribution in [1.82, 2.24) is 11.0 Å². The number of rotatable bonds is 7. The molecule has 0 aromatic heterocycles. The van der Waals surface area contributed by atoms with Crippen LogP contribution in [-0.4, -0.2) is 24.0 Å². The van der Waals surface area contributed by atoms with E-state index in [2.05, 4.69) is 11.0 Å². The normalized spacial score (nSPS) is 20.5. The molecule has 22 heavy (non-hydrogen) atoms. The highest BCUT2D eigenvalue weighted by Gasteiger charge is 2.17. The third-order valence-corrected chi connectivity index (χ3v) is 4.42. The van der Waals surface area contributed by atoms with Crippen LogP contribution in [0.4, 0.5) is 0 Å². The van der Waals surface area contributed by atoms with E-state index in [0.717, 1.165) is 25.7 Å². The smallest absolute Gasteiger partial charge is 0.325 e. The van der Waals surface area contributed by atoms with Gasteiger partial charge in [-0.15, -0.1) is 0 Å². The Morgan fingerprint density at radius 2 is 1.05 bits per heavy atom. The van der Waals surface area contributed by atoms with Crippen LogP contribution >= 0.6 is 0 Å². The predicted octanol–water partition coefficient (Wildman–Crippen LogP) is 2.53. The molecule has 0 heterocycles. The first-order valence-corrected chi connectivity index (χ1v) is 8.64. The average molecular weight is 312 g/mol. The third-order valence-electron chi connectivity index (χ3n) is 4.42. The van der Waals surface area contributed by atoms with E-state index in [-0.39, 0.29) is 24.9 Å². The van der Waals surface area contributed by atoms with Crippen LogP contribution < -0.4 is 11.0 Å². The zero-order valence-electron chi connectivity index (χ0n) is 13.3. The molecule has 0 spiro atoms. The largest absolute Gasteiger partial charge is 0.370 e. The van der Waals surface area contributed by atoms with Gasteiger partial charge in [-0.25, -0.2) is 0 Å². The summed E-state index contributed by atoms with van der Waals surface area (Å²) in [6.07, 6.45) is 11.5. The van der Waals surface area contributed by atoms with E-state index < -0.39 is 11.9 Å². The van der Waals surface area contributed by atoms with E-state index in [1.54, 1.807) is 0 Å². The Kier molecular flexibility index (Phi) is 7.66. The van der Waals surface area contributed by atoms with Crippen LogP contribution in [0.5, 0.6) is 0 Å². The zero-order valence-corrected chi connectivity index (χ0v) is 13.3. The Morgan fingerprint density at radius 3 is 1.41 bits per heavy atom. The lowest BCUT2D eigenvalue weighted by molar-refractivity contribution is -0.160. The summed E-state index contributed by atoms with van der Waals surface area (Å²) in [7, 11) is 0. The van der Waals surface area contributed by atoms with Crippen LogP contribution in [0.1, 0.15) is 77.0 Å². The van der Waals surface area contributed by atoms with Crippen molar-refractivity contribution in [3.63, 3.8) is 0 Å². The Balaban J connectivity index is 1.50. The van der Waals surface area contributed by atoms with Crippen molar-refractivity contribution in [3.05, 3.63) is 0 Å². The van der Waals surface area contributed by atoms with E-state index in [1.807, 2.05) is 0 Å². The molecule has 0 bridgehead atoms. The molecule has 2 rings (SSSR count). The first-order valence-electron chi connectivity index (χ1n) is 8.64. The van der Waals surface area contributed by atoms with E-state index in [0.29, 0.717) is 0 Å². The summed E-state index contributed by atoms with van der Waals surface area (Å²) in [6, 6.07) is 0.523. The van der Waals surface area contributed by atoms with Gasteiger partial charge < -0.3 is 9.68 Å². The molecule has 0 saturated heterocycles. The molecule has 2 saturated carbocycles. The second-order valence-corrected chi connectivity index (χ2v) is 6.35. The van der Waals surface area contributed by atoms with Gasteiger partial charge in [-0.2, -0.15) is 11.0 Å². The lowest BCUT2D eigenvalue weighted by atomic mass is 9.96. The lowest BCUT2D eigenvalue weighted by Gasteiger charge is -2.22. The topological polar surface area (TPSA) is 76.7 Å². The van der Waals surface area contributed by atoms with Gasteiger partial charge in [-0.05, 0) is 25.7 Å². The maximum atomic E-state index is 11.6. The average Bonchev–Trinajstić information content (AvgIpc) is 2.58. The minimum Gasteiger partial charge on any atom is -0.370 e. The molecule has 0 aromatic rings.